The molecule has 1 fully saturated rings. The molecule has 0 aromatic carbocycles. The molecule has 0 N–H and O–H groups in total. The van der Waals surface area contributed by atoms with Gasteiger partial charge in [0.25, 0.3) is 0 Å². The lowest BCUT2D eigenvalue weighted by Gasteiger charge is -2.09. The van der Waals surface area contributed by atoms with Crippen LogP contribution in [-0.4, -0.2) is 28.3 Å². The number of Topliss-reactive ketones (excluding diaryl/α,β-unsaturated/α-hetero) is 1. The predicted octanol–water partition coefficient (Wildman–Crippen LogP) is 2.26. The van der Waals surface area contributed by atoms with E-state index in [9.17, 15) is 4.79 Å². The molecule has 0 amide bonds. The molecule has 1 atom stereocenters. The van der Waals surface area contributed by atoms with E-state index in [0.717, 1.165) is 35.2 Å². The van der Waals surface area contributed by atoms with E-state index in [2.05, 4.69) is 21.0 Å². The molecule has 0 saturated carbocycles. The van der Waals surface area contributed by atoms with Crippen molar-refractivity contribution < 1.29 is 9.53 Å². The minimum atomic E-state index is -0.206. The Kier molecular flexibility index (Phi) is 3.99. The van der Waals surface area contributed by atoms with Gasteiger partial charge in [-0.05, 0) is 42.6 Å². The van der Waals surface area contributed by atoms with E-state index in [1.807, 2.05) is 18.5 Å². The van der Waals surface area contributed by atoms with Crippen LogP contribution in [0.4, 0.5) is 0 Å². The van der Waals surface area contributed by atoms with Gasteiger partial charge in [-0.15, -0.1) is 0 Å². The molecule has 5 heteroatoms. The molecule has 1 unspecified atom stereocenters. The lowest BCUT2D eigenvalue weighted by molar-refractivity contribution is -0.127. The highest BCUT2D eigenvalue weighted by atomic mass is 79.9. The highest BCUT2D eigenvalue weighted by molar-refractivity contribution is 9.10. The van der Waals surface area contributed by atoms with Crippen LogP contribution in [0.5, 0.6) is 0 Å². The topological polar surface area (TPSA) is 44.1 Å². The molecule has 2 heterocycles. The van der Waals surface area contributed by atoms with Gasteiger partial charge < -0.3 is 4.74 Å². The average molecular weight is 301 g/mol. The minimum Gasteiger partial charge on any atom is -0.370 e. The molecule has 1 saturated heterocycles. The zero-order chi connectivity index (χ0) is 12.4. The smallest absolute Gasteiger partial charge is 0.167 e. The van der Waals surface area contributed by atoms with E-state index >= 15 is 0 Å². The third kappa shape index (κ3) is 2.60. The molecule has 0 spiro atoms. The normalized spacial score (nSPS) is 19.8. The van der Waals surface area contributed by atoms with Crippen molar-refractivity contribution in [1.29, 1.82) is 0 Å². The van der Waals surface area contributed by atoms with Gasteiger partial charge in [0.05, 0.1) is 22.3 Å². The van der Waals surface area contributed by atoms with Gasteiger partial charge in [-0.3, -0.25) is 9.48 Å². The fourth-order valence-electron chi connectivity index (χ4n) is 2.15. The van der Waals surface area contributed by atoms with Crippen LogP contribution < -0.4 is 0 Å². The molecule has 2 rings (SSSR count). The Balaban J connectivity index is 2.14. The molecule has 1 aromatic rings. The highest BCUT2D eigenvalue weighted by Gasteiger charge is 2.25. The molecule has 1 aliphatic rings. The number of aromatic nitrogens is 2. The molecule has 4 nitrogen and oxygen atoms in total. The first-order valence-electron chi connectivity index (χ1n) is 5.99. The molecule has 0 bridgehead atoms. The van der Waals surface area contributed by atoms with Gasteiger partial charge in [0.2, 0.25) is 0 Å². The van der Waals surface area contributed by atoms with Crippen LogP contribution in [0.2, 0.25) is 0 Å². The highest BCUT2D eigenvalue weighted by Crippen LogP contribution is 2.23. The maximum absolute atomic E-state index is 12.1. The summed E-state index contributed by atoms with van der Waals surface area (Å²) in [6.07, 6.45) is 2.04. The van der Waals surface area contributed by atoms with Gasteiger partial charge in [-0.25, -0.2) is 0 Å². The van der Waals surface area contributed by atoms with Crippen molar-refractivity contribution in [2.24, 2.45) is 0 Å². The number of carbonyl (C=O) groups is 1. The predicted molar refractivity (Wildman–Crippen MR) is 68.0 cm³/mol. The molecule has 1 aliphatic heterocycles. The fourth-order valence-corrected chi connectivity index (χ4v) is 2.57. The van der Waals surface area contributed by atoms with Gasteiger partial charge in [-0.2, -0.15) is 5.10 Å². The number of carbonyl (C=O) groups excluding carboxylic acids is 1. The van der Waals surface area contributed by atoms with Gasteiger partial charge in [-0.1, -0.05) is 0 Å². The Morgan fingerprint density at radius 2 is 2.41 bits per heavy atom. The fraction of sp³-hybridized carbons (Fsp3) is 0.667. The summed E-state index contributed by atoms with van der Waals surface area (Å²) in [5.74, 6) is 0.165. The number of hydrogen-bond acceptors (Lipinski definition) is 3. The van der Waals surface area contributed by atoms with Crippen LogP contribution in [0.15, 0.2) is 4.47 Å². The van der Waals surface area contributed by atoms with Crippen LogP contribution in [0.25, 0.3) is 0 Å². The quantitative estimate of drug-likeness (QED) is 0.857. The Bertz CT molecular complexity index is 422. The maximum atomic E-state index is 12.1. The van der Waals surface area contributed by atoms with Crippen molar-refractivity contribution >= 4 is 21.7 Å². The number of ketones is 1. The Morgan fingerprint density at radius 3 is 3.00 bits per heavy atom. The van der Waals surface area contributed by atoms with Gasteiger partial charge in [0.1, 0.15) is 6.10 Å². The van der Waals surface area contributed by atoms with Gasteiger partial charge in [0, 0.05) is 13.2 Å². The van der Waals surface area contributed by atoms with E-state index in [1.54, 1.807) is 0 Å². The van der Waals surface area contributed by atoms with Crippen LogP contribution in [0.1, 0.15) is 31.2 Å². The second-order valence-electron chi connectivity index (χ2n) is 4.31. The number of hydrogen-bond donors (Lipinski definition) is 0. The average Bonchev–Trinajstić information content (AvgIpc) is 2.92. The number of nitrogens with zero attached hydrogens (tertiary/aromatic N) is 2. The molecule has 1 aromatic heterocycles. The van der Waals surface area contributed by atoms with Crippen LogP contribution in [-0.2, 0) is 22.5 Å². The SMILES string of the molecule is CCn1nc(C)c(Br)c1CC(=O)C1CCCO1. The zero-order valence-electron chi connectivity index (χ0n) is 10.2. The molecular formula is C12H17BrN2O2. The van der Waals surface area contributed by atoms with Crippen LogP contribution in [0.3, 0.4) is 0 Å². The first-order chi connectivity index (χ1) is 8.13. The van der Waals surface area contributed by atoms with Crippen LogP contribution in [0, 0.1) is 6.92 Å². The summed E-state index contributed by atoms with van der Waals surface area (Å²) >= 11 is 3.50. The van der Waals surface area contributed by atoms with Crippen LogP contribution >= 0.6 is 15.9 Å². The zero-order valence-corrected chi connectivity index (χ0v) is 11.8. The Hall–Kier alpha value is -0.680. The second-order valence-corrected chi connectivity index (χ2v) is 5.10. The third-order valence-electron chi connectivity index (χ3n) is 3.08. The summed E-state index contributed by atoms with van der Waals surface area (Å²) in [6.45, 7) is 5.46. The number of ether oxygens (including phenoxy) is 1. The Labute approximate surface area is 109 Å². The van der Waals surface area contributed by atoms with E-state index < -0.39 is 0 Å². The van der Waals surface area contributed by atoms with Gasteiger partial charge >= 0.3 is 0 Å². The number of halogens is 1. The number of rotatable bonds is 4. The van der Waals surface area contributed by atoms with Crippen molar-refractivity contribution in [3.05, 3.63) is 15.9 Å². The van der Waals surface area contributed by atoms with E-state index in [4.69, 9.17) is 4.74 Å². The molecule has 94 valence electrons. The van der Waals surface area contributed by atoms with Crippen molar-refractivity contribution in [2.45, 2.75) is 45.8 Å². The first-order valence-corrected chi connectivity index (χ1v) is 6.79. The molecular weight excluding hydrogens is 284 g/mol. The van der Waals surface area contributed by atoms with Crippen molar-refractivity contribution in [3.63, 3.8) is 0 Å². The van der Waals surface area contributed by atoms with Gasteiger partial charge in [0.15, 0.2) is 5.78 Å². The molecule has 0 aliphatic carbocycles. The minimum absolute atomic E-state index is 0.165. The maximum Gasteiger partial charge on any atom is 0.167 e. The van der Waals surface area contributed by atoms with E-state index in [1.165, 1.54) is 0 Å². The first kappa shape index (κ1) is 12.8. The monoisotopic (exact) mass is 300 g/mol. The summed E-state index contributed by atoms with van der Waals surface area (Å²) in [5, 5.41) is 4.39. The summed E-state index contributed by atoms with van der Waals surface area (Å²) in [4.78, 5) is 12.1. The largest absolute Gasteiger partial charge is 0.370 e. The summed E-state index contributed by atoms with van der Waals surface area (Å²) in [5.41, 5.74) is 1.90. The summed E-state index contributed by atoms with van der Waals surface area (Å²) in [6, 6.07) is 0. The molecule has 0 radical (unpaired) electrons. The lowest BCUT2D eigenvalue weighted by atomic mass is 10.1. The third-order valence-corrected chi connectivity index (χ3v) is 4.11. The second kappa shape index (κ2) is 5.31. The standard InChI is InChI=1S/C12H17BrN2O2/c1-3-15-9(12(13)8(2)14-15)7-10(16)11-5-4-6-17-11/h11H,3-7H2,1-2H3. The van der Waals surface area contributed by atoms with Crippen molar-refractivity contribution in [2.75, 3.05) is 6.61 Å². The van der Waals surface area contributed by atoms with E-state index in [0.29, 0.717) is 13.0 Å². The van der Waals surface area contributed by atoms with Crippen molar-refractivity contribution in [1.82, 2.24) is 9.78 Å². The number of aryl methyl sites for hydroxylation is 2. The summed E-state index contributed by atoms with van der Waals surface area (Å²) < 4.78 is 8.24. The molecule has 17 heavy (non-hydrogen) atoms. The van der Waals surface area contributed by atoms with E-state index in [-0.39, 0.29) is 11.9 Å². The summed E-state index contributed by atoms with van der Waals surface area (Å²) in [7, 11) is 0. The lowest BCUT2D eigenvalue weighted by Crippen LogP contribution is -2.23. The Morgan fingerprint density at radius 1 is 1.65 bits per heavy atom. The van der Waals surface area contributed by atoms with Crippen molar-refractivity contribution in [3.8, 4) is 0 Å².